The van der Waals surface area contributed by atoms with Crippen LogP contribution in [0.2, 0.25) is 0 Å². The first kappa shape index (κ1) is 11.4. The molecule has 90 valence electrons. The molecule has 1 atom stereocenters. The predicted molar refractivity (Wildman–Crippen MR) is 59.1 cm³/mol. The van der Waals surface area contributed by atoms with Gasteiger partial charge in [0.2, 0.25) is 0 Å². The maximum absolute atomic E-state index is 11.9. The van der Waals surface area contributed by atoms with Crippen LogP contribution in [-0.2, 0) is 9.53 Å². The van der Waals surface area contributed by atoms with Gasteiger partial charge in [-0.1, -0.05) is 0 Å². The summed E-state index contributed by atoms with van der Waals surface area (Å²) in [7, 11) is 0. The van der Waals surface area contributed by atoms with Crippen LogP contribution in [0, 0.1) is 5.41 Å². The number of rotatable bonds is 1. The average molecular weight is 225 g/mol. The van der Waals surface area contributed by atoms with Gasteiger partial charge in [0.15, 0.2) is 0 Å². The molecule has 0 bridgehead atoms. The van der Waals surface area contributed by atoms with Gasteiger partial charge in [0.1, 0.15) is 11.9 Å². The number of likely N-dealkylation sites (tertiary alicyclic amines) is 1. The zero-order chi connectivity index (χ0) is 12.0. The molecule has 1 unspecified atom stereocenters. The standard InChI is InChI=1S/C12H19NO3/c1-11(2,3)16-10(15)13-7-6-12(4-5-12)9(13)8-14/h8-9H,4-7H2,1-3H3. The minimum absolute atomic E-state index is 0.0959. The first-order valence-electron chi connectivity index (χ1n) is 5.83. The summed E-state index contributed by atoms with van der Waals surface area (Å²) < 4.78 is 5.30. The Labute approximate surface area is 95.9 Å². The molecule has 1 saturated heterocycles. The van der Waals surface area contributed by atoms with Gasteiger partial charge in [0.25, 0.3) is 0 Å². The molecule has 0 aromatic rings. The lowest BCUT2D eigenvalue weighted by Crippen LogP contribution is -2.42. The average Bonchev–Trinajstić information content (AvgIpc) is 2.77. The molecule has 2 fully saturated rings. The molecule has 1 saturated carbocycles. The monoisotopic (exact) mass is 225 g/mol. The fourth-order valence-electron chi connectivity index (χ4n) is 2.41. The Kier molecular flexibility index (Phi) is 2.48. The number of amides is 1. The lowest BCUT2D eigenvalue weighted by molar-refractivity contribution is -0.113. The van der Waals surface area contributed by atoms with Crippen molar-refractivity contribution in [3.05, 3.63) is 0 Å². The molecule has 0 radical (unpaired) electrons. The Balaban J connectivity index is 2.05. The van der Waals surface area contributed by atoms with E-state index in [0.29, 0.717) is 6.54 Å². The van der Waals surface area contributed by atoms with Gasteiger partial charge >= 0.3 is 6.09 Å². The molecule has 1 amide bonds. The lowest BCUT2D eigenvalue weighted by atomic mass is 9.98. The van der Waals surface area contributed by atoms with E-state index in [2.05, 4.69) is 0 Å². The maximum Gasteiger partial charge on any atom is 0.410 e. The van der Waals surface area contributed by atoms with E-state index < -0.39 is 5.60 Å². The molecule has 0 aromatic carbocycles. The molecule has 1 spiro atoms. The van der Waals surface area contributed by atoms with E-state index in [4.69, 9.17) is 4.74 Å². The summed E-state index contributed by atoms with van der Waals surface area (Å²) in [6.45, 7) is 6.16. The number of carbonyl (C=O) groups is 2. The lowest BCUT2D eigenvalue weighted by Gasteiger charge is -2.27. The molecule has 1 aliphatic heterocycles. The van der Waals surface area contributed by atoms with Crippen molar-refractivity contribution >= 4 is 12.4 Å². The van der Waals surface area contributed by atoms with Gasteiger partial charge < -0.3 is 9.53 Å². The van der Waals surface area contributed by atoms with Crippen molar-refractivity contribution in [2.45, 2.75) is 51.7 Å². The fourth-order valence-corrected chi connectivity index (χ4v) is 2.41. The topological polar surface area (TPSA) is 46.6 Å². The highest BCUT2D eigenvalue weighted by Crippen LogP contribution is 2.56. The van der Waals surface area contributed by atoms with Crippen LogP contribution in [0.1, 0.15) is 40.0 Å². The highest BCUT2D eigenvalue weighted by molar-refractivity contribution is 5.75. The SMILES string of the molecule is CC(C)(C)OC(=O)N1CCC2(CC2)C1C=O. The molecule has 16 heavy (non-hydrogen) atoms. The van der Waals surface area contributed by atoms with Gasteiger partial charge in [0.05, 0.1) is 6.04 Å². The Morgan fingerprint density at radius 2 is 2.00 bits per heavy atom. The smallest absolute Gasteiger partial charge is 0.410 e. The van der Waals surface area contributed by atoms with Gasteiger partial charge in [-0.2, -0.15) is 0 Å². The summed E-state index contributed by atoms with van der Waals surface area (Å²) in [5, 5.41) is 0. The van der Waals surface area contributed by atoms with Gasteiger partial charge in [-0.15, -0.1) is 0 Å². The van der Waals surface area contributed by atoms with Crippen molar-refractivity contribution in [3.63, 3.8) is 0 Å². The Morgan fingerprint density at radius 1 is 1.38 bits per heavy atom. The highest BCUT2D eigenvalue weighted by Gasteiger charge is 2.57. The Hall–Kier alpha value is -1.06. The van der Waals surface area contributed by atoms with Gasteiger partial charge in [0, 0.05) is 6.54 Å². The zero-order valence-electron chi connectivity index (χ0n) is 10.2. The molecule has 1 heterocycles. The minimum Gasteiger partial charge on any atom is -0.444 e. The van der Waals surface area contributed by atoms with Crippen molar-refractivity contribution in [1.29, 1.82) is 0 Å². The second-order valence-corrected chi connectivity index (χ2v) is 5.87. The molecule has 0 N–H and O–H groups in total. The van der Waals surface area contributed by atoms with E-state index in [9.17, 15) is 9.59 Å². The summed E-state index contributed by atoms with van der Waals surface area (Å²) in [6.07, 6.45) is 3.62. The van der Waals surface area contributed by atoms with E-state index in [1.807, 2.05) is 20.8 Å². The summed E-state index contributed by atoms with van der Waals surface area (Å²) in [5.41, 5.74) is -0.400. The number of hydrogen-bond acceptors (Lipinski definition) is 3. The van der Waals surface area contributed by atoms with Gasteiger partial charge in [-0.25, -0.2) is 4.79 Å². The number of aldehydes is 1. The maximum atomic E-state index is 11.9. The molecule has 1 aliphatic carbocycles. The third-order valence-corrected chi connectivity index (χ3v) is 3.46. The Morgan fingerprint density at radius 3 is 2.44 bits per heavy atom. The van der Waals surface area contributed by atoms with E-state index in [1.165, 1.54) is 0 Å². The van der Waals surface area contributed by atoms with Crippen molar-refractivity contribution in [2.24, 2.45) is 5.41 Å². The fraction of sp³-hybridized carbons (Fsp3) is 0.833. The number of ether oxygens (including phenoxy) is 1. The summed E-state index contributed by atoms with van der Waals surface area (Å²) in [5.74, 6) is 0. The largest absolute Gasteiger partial charge is 0.444 e. The van der Waals surface area contributed by atoms with E-state index in [-0.39, 0.29) is 17.6 Å². The molecule has 2 aliphatic rings. The normalized spacial score (nSPS) is 26.9. The van der Waals surface area contributed by atoms with E-state index in [0.717, 1.165) is 25.5 Å². The highest BCUT2D eigenvalue weighted by atomic mass is 16.6. The van der Waals surface area contributed by atoms with Crippen LogP contribution in [0.25, 0.3) is 0 Å². The van der Waals surface area contributed by atoms with Crippen molar-refractivity contribution < 1.29 is 14.3 Å². The molecule has 2 rings (SSSR count). The first-order valence-corrected chi connectivity index (χ1v) is 5.83. The van der Waals surface area contributed by atoms with Crippen molar-refractivity contribution in [2.75, 3.05) is 6.54 Å². The summed E-state index contributed by atoms with van der Waals surface area (Å²) in [4.78, 5) is 24.6. The third kappa shape index (κ3) is 1.93. The number of carbonyl (C=O) groups excluding carboxylic acids is 2. The quantitative estimate of drug-likeness (QED) is 0.641. The van der Waals surface area contributed by atoms with Crippen LogP contribution in [0.15, 0.2) is 0 Å². The van der Waals surface area contributed by atoms with Gasteiger partial charge in [-0.05, 0) is 45.4 Å². The summed E-state index contributed by atoms with van der Waals surface area (Å²) >= 11 is 0. The van der Waals surface area contributed by atoms with E-state index in [1.54, 1.807) is 4.90 Å². The third-order valence-electron chi connectivity index (χ3n) is 3.46. The van der Waals surface area contributed by atoms with Crippen LogP contribution >= 0.6 is 0 Å². The molecular formula is C12H19NO3. The molecular weight excluding hydrogens is 206 g/mol. The predicted octanol–water partition coefficient (Wildman–Crippen LogP) is 1.97. The van der Waals surface area contributed by atoms with Crippen LogP contribution in [0.3, 0.4) is 0 Å². The van der Waals surface area contributed by atoms with E-state index >= 15 is 0 Å². The van der Waals surface area contributed by atoms with Crippen LogP contribution < -0.4 is 0 Å². The first-order chi connectivity index (χ1) is 7.38. The zero-order valence-corrected chi connectivity index (χ0v) is 10.2. The number of nitrogens with zero attached hydrogens (tertiary/aromatic N) is 1. The molecule has 0 aromatic heterocycles. The molecule has 4 nitrogen and oxygen atoms in total. The van der Waals surface area contributed by atoms with Crippen molar-refractivity contribution in [1.82, 2.24) is 4.90 Å². The van der Waals surface area contributed by atoms with Crippen LogP contribution in [0.4, 0.5) is 4.79 Å². The second kappa shape index (κ2) is 3.47. The second-order valence-electron chi connectivity index (χ2n) is 5.87. The van der Waals surface area contributed by atoms with Gasteiger partial charge in [-0.3, -0.25) is 4.90 Å². The summed E-state index contributed by atoms with van der Waals surface area (Å²) in [6, 6.07) is -0.262. The van der Waals surface area contributed by atoms with Crippen LogP contribution in [0.5, 0.6) is 0 Å². The van der Waals surface area contributed by atoms with Crippen LogP contribution in [-0.4, -0.2) is 35.5 Å². The Bertz CT molecular complexity index is 315. The number of hydrogen-bond donors (Lipinski definition) is 0. The van der Waals surface area contributed by atoms with Crippen molar-refractivity contribution in [3.8, 4) is 0 Å². The molecule has 4 heteroatoms. The minimum atomic E-state index is -0.496.